The van der Waals surface area contributed by atoms with Crippen molar-refractivity contribution in [1.29, 1.82) is 0 Å². The zero-order valence-electron chi connectivity index (χ0n) is 15.6. The van der Waals surface area contributed by atoms with E-state index in [1.54, 1.807) is 14.2 Å². The summed E-state index contributed by atoms with van der Waals surface area (Å²) in [6.45, 7) is 2.38. The number of carbonyl (C=O) groups excluding carboxylic acids is 1. The lowest BCUT2D eigenvalue weighted by atomic mass is 10.1. The Morgan fingerprint density at radius 3 is 2.59 bits per heavy atom. The smallest absolute Gasteiger partial charge is 0.263 e. The zero-order chi connectivity index (χ0) is 19.2. The third-order valence-electron chi connectivity index (χ3n) is 4.20. The van der Waals surface area contributed by atoms with Crippen LogP contribution in [0.3, 0.4) is 0 Å². The summed E-state index contributed by atoms with van der Waals surface area (Å²) in [5.41, 5.74) is 2.79. The average molecular weight is 382 g/mol. The fourth-order valence-corrected chi connectivity index (χ4v) is 3.75. The van der Waals surface area contributed by atoms with Crippen LogP contribution >= 0.6 is 11.3 Å². The number of nitrogens with zero attached hydrogens (tertiary/aromatic N) is 1. The molecule has 1 aromatic heterocycles. The fraction of sp³-hybridized carbons (Fsp3) is 0.238. The summed E-state index contributed by atoms with van der Waals surface area (Å²) >= 11 is 1.42. The van der Waals surface area contributed by atoms with E-state index in [0.29, 0.717) is 17.8 Å². The number of rotatable bonds is 7. The summed E-state index contributed by atoms with van der Waals surface area (Å²) in [5.74, 6) is 1.40. The molecular formula is C21H22N2O3S. The Morgan fingerprint density at radius 2 is 1.89 bits per heavy atom. The van der Waals surface area contributed by atoms with Crippen LogP contribution in [0.1, 0.15) is 20.9 Å². The Balaban J connectivity index is 1.64. The van der Waals surface area contributed by atoms with Crippen LogP contribution in [0.5, 0.6) is 11.5 Å². The molecule has 1 N–H and O–H groups in total. The van der Waals surface area contributed by atoms with Crippen molar-refractivity contribution in [3.05, 3.63) is 64.7 Å². The highest BCUT2D eigenvalue weighted by Crippen LogP contribution is 2.28. The maximum atomic E-state index is 12.6. The zero-order valence-corrected chi connectivity index (χ0v) is 16.4. The predicted octanol–water partition coefficient (Wildman–Crippen LogP) is 4.11. The Labute approximate surface area is 163 Å². The third kappa shape index (κ3) is 4.46. The van der Waals surface area contributed by atoms with Gasteiger partial charge in [0.25, 0.3) is 5.91 Å². The number of amides is 1. The van der Waals surface area contributed by atoms with Gasteiger partial charge in [-0.3, -0.25) is 4.79 Å². The van der Waals surface area contributed by atoms with E-state index in [4.69, 9.17) is 9.47 Å². The lowest BCUT2D eigenvalue weighted by molar-refractivity contribution is 0.0957. The first-order valence-electron chi connectivity index (χ1n) is 8.64. The normalized spacial score (nSPS) is 10.5. The first-order chi connectivity index (χ1) is 13.1. The molecule has 3 rings (SSSR count). The van der Waals surface area contributed by atoms with Crippen LogP contribution in [-0.4, -0.2) is 31.7 Å². The second-order valence-electron chi connectivity index (χ2n) is 5.98. The Bertz CT molecular complexity index is 922. The van der Waals surface area contributed by atoms with Crippen molar-refractivity contribution < 1.29 is 14.3 Å². The van der Waals surface area contributed by atoms with Crippen molar-refractivity contribution in [2.24, 2.45) is 0 Å². The minimum Gasteiger partial charge on any atom is -0.497 e. The van der Waals surface area contributed by atoms with Gasteiger partial charge in [0.1, 0.15) is 21.4 Å². The molecule has 0 fully saturated rings. The van der Waals surface area contributed by atoms with Crippen LogP contribution in [0.15, 0.2) is 48.5 Å². The number of nitrogens with one attached hydrogen (secondary N) is 1. The van der Waals surface area contributed by atoms with Crippen LogP contribution in [-0.2, 0) is 6.42 Å². The van der Waals surface area contributed by atoms with E-state index < -0.39 is 0 Å². The molecule has 0 unspecified atom stereocenters. The molecule has 3 aromatic rings. The van der Waals surface area contributed by atoms with E-state index >= 15 is 0 Å². The Kier molecular flexibility index (Phi) is 6.08. The van der Waals surface area contributed by atoms with Gasteiger partial charge in [-0.1, -0.05) is 36.4 Å². The molecule has 0 aliphatic rings. The summed E-state index contributed by atoms with van der Waals surface area (Å²) in [4.78, 5) is 17.8. The number of benzene rings is 2. The van der Waals surface area contributed by atoms with E-state index in [0.717, 1.165) is 33.3 Å². The van der Waals surface area contributed by atoms with Gasteiger partial charge in [0.2, 0.25) is 0 Å². The molecule has 2 aromatic carbocycles. The summed E-state index contributed by atoms with van der Waals surface area (Å²) in [7, 11) is 3.25. The molecule has 0 saturated carbocycles. The Morgan fingerprint density at radius 1 is 1.11 bits per heavy atom. The number of aryl methyl sites for hydroxylation is 1. The molecule has 0 aliphatic carbocycles. The maximum absolute atomic E-state index is 12.6. The molecule has 1 heterocycles. The molecular weight excluding hydrogens is 360 g/mol. The summed E-state index contributed by atoms with van der Waals surface area (Å²) in [5, 5.41) is 3.83. The van der Waals surface area contributed by atoms with Crippen molar-refractivity contribution >= 4 is 17.2 Å². The lowest BCUT2D eigenvalue weighted by Gasteiger charge is -2.10. The molecule has 0 bridgehead atoms. The van der Waals surface area contributed by atoms with Crippen molar-refractivity contribution in [2.45, 2.75) is 13.3 Å². The number of carbonyl (C=O) groups is 1. The van der Waals surface area contributed by atoms with Crippen LogP contribution in [0, 0.1) is 6.92 Å². The molecule has 0 spiro atoms. The van der Waals surface area contributed by atoms with Gasteiger partial charge in [-0.15, -0.1) is 11.3 Å². The predicted molar refractivity (Wildman–Crippen MR) is 108 cm³/mol. The van der Waals surface area contributed by atoms with E-state index in [1.807, 2.05) is 55.5 Å². The van der Waals surface area contributed by atoms with E-state index in [9.17, 15) is 4.79 Å². The average Bonchev–Trinajstić information content (AvgIpc) is 3.10. The van der Waals surface area contributed by atoms with Crippen LogP contribution in [0.25, 0.3) is 10.6 Å². The van der Waals surface area contributed by atoms with Gasteiger partial charge in [-0.05, 0) is 25.0 Å². The van der Waals surface area contributed by atoms with Crippen molar-refractivity contribution in [3.63, 3.8) is 0 Å². The summed E-state index contributed by atoms with van der Waals surface area (Å²) in [6.07, 6.45) is 0.669. The van der Waals surface area contributed by atoms with Gasteiger partial charge in [0.15, 0.2) is 0 Å². The molecule has 0 saturated heterocycles. The quantitative estimate of drug-likeness (QED) is 0.668. The fourth-order valence-electron chi connectivity index (χ4n) is 2.76. The van der Waals surface area contributed by atoms with Gasteiger partial charge in [0, 0.05) is 18.2 Å². The molecule has 1 amide bonds. The van der Waals surface area contributed by atoms with E-state index in [2.05, 4.69) is 10.3 Å². The molecule has 0 radical (unpaired) electrons. The molecule has 0 atom stereocenters. The standard InChI is InChI=1S/C21H22N2O3S/c1-14-19(27-21(23-14)16-7-5-4-6-8-16)20(24)22-12-11-15-9-10-17(25-2)13-18(15)26-3/h4-10,13H,11-12H2,1-3H3,(H,22,24). The first-order valence-corrected chi connectivity index (χ1v) is 9.46. The van der Waals surface area contributed by atoms with Crippen molar-refractivity contribution in [1.82, 2.24) is 10.3 Å². The SMILES string of the molecule is COc1ccc(CCNC(=O)c2sc(-c3ccccc3)nc2C)c(OC)c1. The highest BCUT2D eigenvalue weighted by atomic mass is 32.1. The minimum atomic E-state index is -0.0975. The molecule has 6 heteroatoms. The second kappa shape index (κ2) is 8.68. The van der Waals surface area contributed by atoms with Gasteiger partial charge in [-0.25, -0.2) is 4.98 Å². The maximum Gasteiger partial charge on any atom is 0.263 e. The largest absolute Gasteiger partial charge is 0.497 e. The molecule has 0 aliphatic heterocycles. The van der Waals surface area contributed by atoms with Crippen LogP contribution in [0.2, 0.25) is 0 Å². The van der Waals surface area contributed by atoms with Gasteiger partial charge in [-0.2, -0.15) is 0 Å². The number of aromatic nitrogens is 1. The number of hydrogen-bond acceptors (Lipinski definition) is 5. The topological polar surface area (TPSA) is 60.5 Å². The third-order valence-corrected chi connectivity index (χ3v) is 5.40. The number of thiazole rings is 1. The monoisotopic (exact) mass is 382 g/mol. The van der Waals surface area contributed by atoms with Crippen LogP contribution in [0.4, 0.5) is 0 Å². The number of methoxy groups -OCH3 is 2. The van der Waals surface area contributed by atoms with Gasteiger partial charge in [0.05, 0.1) is 19.9 Å². The lowest BCUT2D eigenvalue weighted by Crippen LogP contribution is -2.25. The van der Waals surface area contributed by atoms with Crippen molar-refractivity contribution in [3.8, 4) is 22.1 Å². The Hall–Kier alpha value is -2.86. The minimum absolute atomic E-state index is 0.0975. The van der Waals surface area contributed by atoms with Crippen LogP contribution < -0.4 is 14.8 Å². The summed E-state index contributed by atoms with van der Waals surface area (Å²) in [6, 6.07) is 15.6. The highest BCUT2D eigenvalue weighted by Gasteiger charge is 2.16. The van der Waals surface area contributed by atoms with Crippen molar-refractivity contribution in [2.75, 3.05) is 20.8 Å². The molecule has 27 heavy (non-hydrogen) atoms. The number of ether oxygens (including phenoxy) is 2. The first kappa shape index (κ1) is 18.9. The second-order valence-corrected chi connectivity index (χ2v) is 6.98. The van der Waals surface area contributed by atoms with Gasteiger partial charge >= 0.3 is 0 Å². The van der Waals surface area contributed by atoms with Gasteiger partial charge < -0.3 is 14.8 Å². The van der Waals surface area contributed by atoms with E-state index in [-0.39, 0.29) is 5.91 Å². The highest BCUT2D eigenvalue weighted by molar-refractivity contribution is 7.17. The summed E-state index contributed by atoms with van der Waals surface area (Å²) < 4.78 is 10.6. The van der Waals surface area contributed by atoms with E-state index in [1.165, 1.54) is 11.3 Å². The number of hydrogen-bond donors (Lipinski definition) is 1. The molecule has 140 valence electrons. The molecule has 5 nitrogen and oxygen atoms in total.